The molecule has 10 heavy (non-hydrogen) atoms. The summed E-state index contributed by atoms with van der Waals surface area (Å²) in [5, 5.41) is 3.55. The van der Waals surface area contributed by atoms with Crippen LogP contribution in [0, 0.1) is 5.92 Å². The molecule has 1 N–H and O–H groups in total. The van der Waals surface area contributed by atoms with Crippen LogP contribution in [0.15, 0.2) is 0 Å². The van der Waals surface area contributed by atoms with Crippen LogP contribution in [0.25, 0.3) is 0 Å². The Morgan fingerprint density at radius 1 is 1.30 bits per heavy atom. The summed E-state index contributed by atoms with van der Waals surface area (Å²) in [7, 11) is 0. The largest absolute Gasteiger partial charge is 0.314 e. The summed E-state index contributed by atoms with van der Waals surface area (Å²) in [6.07, 6.45) is 5.66. The van der Waals surface area contributed by atoms with Crippen LogP contribution in [0.3, 0.4) is 0 Å². The van der Waals surface area contributed by atoms with Gasteiger partial charge in [-0.3, -0.25) is 0 Å². The Morgan fingerprint density at radius 3 is 2.70 bits per heavy atom. The fourth-order valence-electron chi connectivity index (χ4n) is 2.06. The van der Waals surface area contributed by atoms with Crippen LogP contribution in [0.2, 0.25) is 0 Å². The van der Waals surface area contributed by atoms with E-state index in [-0.39, 0.29) is 0 Å². The molecular formula is C9H19N. The predicted molar refractivity (Wildman–Crippen MR) is 45.1 cm³/mol. The lowest BCUT2D eigenvalue weighted by Gasteiger charge is -2.17. The summed E-state index contributed by atoms with van der Waals surface area (Å²) >= 11 is 0. The lowest BCUT2D eigenvalue weighted by atomic mass is 10.0. The number of nitrogens with one attached hydrogen (secondary N) is 1. The van der Waals surface area contributed by atoms with E-state index >= 15 is 0 Å². The zero-order valence-electron chi connectivity index (χ0n) is 7.19. The SMILES string of the molecule is CCN[C@@H]1CCC[C@@H]1CC. The number of rotatable bonds is 3. The molecule has 0 aromatic carbocycles. The summed E-state index contributed by atoms with van der Waals surface area (Å²) < 4.78 is 0. The maximum absolute atomic E-state index is 3.55. The fourth-order valence-corrected chi connectivity index (χ4v) is 2.06. The molecule has 0 aromatic heterocycles. The van der Waals surface area contributed by atoms with Crippen LogP contribution in [-0.4, -0.2) is 12.6 Å². The molecule has 1 aliphatic carbocycles. The molecule has 60 valence electrons. The van der Waals surface area contributed by atoms with Gasteiger partial charge in [0.1, 0.15) is 0 Å². The van der Waals surface area contributed by atoms with Gasteiger partial charge in [0.25, 0.3) is 0 Å². The van der Waals surface area contributed by atoms with Gasteiger partial charge in [0.2, 0.25) is 0 Å². The van der Waals surface area contributed by atoms with E-state index in [0.29, 0.717) is 0 Å². The Kier molecular flexibility index (Phi) is 3.20. The van der Waals surface area contributed by atoms with Crippen molar-refractivity contribution in [3.8, 4) is 0 Å². The third-order valence-electron chi connectivity index (χ3n) is 2.65. The summed E-state index contributed by atoms with van der Waals surface area (Å²) in [6, 6.07) is 0.843. The van der Waals surface area contributed by atoms with Gasteiger partial charge in [-0.1, -0.05) is 26.7 Å². The second kappa shape index (κ2) is 3.97. The quantitative estimate of drug-likeness (QED) is 0.635. The Balaban J connectivity index is 2.27. The first-order valence-corrected chi connectivity index (χ1v) is 4.61. The smallest absolute Gasteiger partial charge is 0.00951 e. The average molecular weight is 141 g/mol. The van der Waals surface area contributed by atoms with Crippen LogP contribution < -0.4 is 5.32 Å². The zero-order chi connectivity index (χ0) is 7.40. The molecular weight excluding hydrogens is 122 g/mol. The van der Waals surface area contributed by atoms with Crippen molar-refractivity contribution in [1.29, 1.82) is 0 Å². The van der Waals surface area contributed by atoms with E-state index in [1.807, 2.05) is 0 Å². The molecule has 0 aromatic rings. The Labute approximate surface area is 64.2 Å². The van der Waals surface area contributed by atoms with Crippen molar-refractivity contribution in [2.45, 2.75) is 45.6 Å². The molecule has 1 fully saturated rings. The maximum Gasteiger partial charge on any atom is 0.00951 e. The minimum absolute atomic E-state index is 0.843. The van der Waals surface area contributed by atoms with E-state index in [9.17, 15) is 0 Å². The van der Waals surface area contributed by atoms with Crippen molar-refractivity contribution in [2.75, 3.05) is 6.54 Å². The third-order valence-corrected chi connectivity index (χ3v) is 2.65. The predicted octanol–water partition coefficient (Wildman–Crippen LogP) is 2.17. The standard InChI is InChI=1S/C9H19N/c1-3-8-6-5-7-9(8)10-4-2/h8-10H,3-7H2,1-2H3/t8-,9+/m0/s1. The molecule has 0 bridgehead atoms. The van der Waals surface area contributed by atoms with Crippen LogP contribution in [0.5, 0.6) is 0 Å². The second-order valence-corrected chi connectivity index (χ2v) is 3.26. The molecule has 1 rings (SSSR count). The van der Waals surface area contributed by atoms with Gasteiger partial charge in [0.15, 0.2) is 0 Å². The van der Waals surface area contributed by atoms with Crippen LogP contribution >= 0.6 is 0 Å². The van der Waals surface area contributed by atoms with Crippen molar-refractivity contribution in [3.63, 3.8) is 0 Å². The molecule has 0 unspecified atom stereocenters. The Morgan fingerprint density at radius 2 is 2.10 bits per heavy atom. The molecule has 0 heterocycles. The van der Waals surface area contributed by atoms with Gasteiger partial charge in [-0.15, -0.1) is 0 Å². The van der Waals surface area contributed by atoms with E-state index in [1.54, 1.807) is 0 Å². The molecule has 1 heteroatoms. The van der Waals surface area contributed by atoms with E-state index in [4.69, 9.17) is 0 Å². The highest BCUT2D eigenvalue weighted by Crippen LogP contribution is 2.27. The summed E-state index contributed by atoms with van der Waals surface area (Å²) in [5.41, 5.74) is 0. The van der Waals surface area contributed by atoms with Crippen molar-refractivity contribution in [3.05, 3.63) is 0 Å². The van der Waals surface area contributed by atoms with Gasteiger partial charge in [-0.25, -0.2) is 0 Å². The van der Waals surface area contributed by atoms with Crippen molar-refractivity contribution in [2.24, 2.45) is 5.92 Å². The van der Waals surface area contributed by atoms with E-state index < -0.39 is 0 Å². The number of hydrogen-bond donors (Lipinski definition) is 1. The Hall–Kier alpha value is -0.0400. The number of hydrogen-bond acceptors (Lipinski definition) is 1. The van der Waals surface area contributed by atoms with Gasteiger partial charge < -0.3 is 5.32 Å². The summed E-state index contributed by atoms with van der Waals surface area (Å²) in [4.78, 5) is 0. The molecule has 1 aliphatic rings. The van der Waals surface area contributed by atoms with Crippen molar-refractivity contribution >= 4 is 0 Å². The van der Waals surface area contributed by atoms with Gasteiger partial charge in [-0.2, -0.15) is 0 Å². The minimum Gasteiger partial charge on any atom is -0.314 e. The summed E-state index contributed by atoms with van der Waals surface area (Å²) in [5.74, 6) is 0.972. The van der Waals surface area contributed by atoms with Crippen LogP contribution in [0.1, 0.15) is 39.5 Å². The molecule has 2 atom stereocenters. The van der Waals surface area contributed by atoms with Gasteiger partial charge >= 0.3 is 0 Å². The first-order chi connectivity index (χ1) is 4.88. The first kappa shape index (κ1) is 8.06. The zero-order valence-corrected chi connectivity index (χ0v) is 7.19. The van der Waals surface area contributed by atoms with Crippen molar-refractivity contribution in [1.82, 2.24) is 5.32 Å². The van der Waals surface area contributed by atoms with Crippen molar-refractivity contribution < 1.29 is 0 Å². The van der Waals surface area contributed by atoms with Gasteiger partial charge in [-0.05, 0) is 25.3 Å². The molecule has 1 nitrogen and oxygen atoms in total. The van der Waals surface area contributed by atoms with Crippen LogP contribution in [0.4, 0.5) is 0 Å². The molecule has 0 radical (unpaired) electrons. The topological polar surface area (TPSA) is 12.0 Å². The van der Waals surface area contributed by atoms with E-state index in [2.05, 4.69) is 19.2 Å². The highest BCUT2D eigenvalue weighted by molar-refractivity contribution is 4.81. The molecule has 1 saturated carbocycles. The first-order valence-electron chi connectivity index (χ1n) is 4.61. The van der Waals surface area contributed by atoms with Gasteiger partial charge in [0, 0.05) is 6.04 Å². The summed E-state index contributed by atoms with van der Waals surface area (Å²) in [6.45, 7) is 5.65. The fraction of sp³-hybridized carbons (Fsp3) is 1.00. The Bertz CT molecular complexity index is 90.7. The maximum atomic E-state index is 3.55. The van der Waals surface area contributed by atoms with Crippen LogP contribution in [-0.2, 0) is 0 Å². The molecule has 0 amide bonds. The highest BCUT2D eigenvalue weighted by atomic mass is 14.9. The van der Waals surface area contributed by atoms with E-state index in [0.717, 1.165) is 18.5 Å². The lowest BCUT2D eigenvalue weighted by molar-refractivity contribution is 0.398. The van der Waals surface area contributed by atoms with E-state index in [1.165, 1.54) is 25.7 Å². The normalized spacial score (nSPS) is 33.0. The lowest BCUT2D eigenvalue weighted by Crippen LogP contribution is -2.31. The van der Waals surface area contributed by atoms with Gasteiger partial charge in [0.05, 0.1) is 0 Å². The molecule has 0 spiro atoms. The molecule has 0 aliphatic heterocycles. The average Bonchev–Trinajstić information content (AvgIpc) is 2.36. The minimum atomic E-state index is 0.843. The molecule has 0 saturated heterocycles. The third kappa shape index (κ3) is 1.72. The second-order valence-electron chi connectivity index (χ2n) is 3.26. The monoisotopic (exact) mass is 141 g/mol. The highest BCUT2D eigenvalue weighted by Gasteiger charge is 2.23.